The molecule has 4 rings (SSSR count). The number of aryl methyl sites for hydroxylation is 1. The van der Waals surface area contributed by atoms with Crippen molar-refractivity contribution < 1.29 is 24.5 Å². The van der Waals surface area contributed by atoms with E-state index in [1.807, 2.05) is 41.5 Å². The third-order valence-electron chi connectivity index (χ3n) is 5.17. The molecule has 0 spiro atoms. The van der Waals surface area contributed by atoms with Crippen LogP contribution < -0.4 is 10.1 Å². The van der Waals surface area contributed by atoms with E-state index >= 15 is 0 Å². The Hall–Kier alpha value is -3.27. The number of aliphatic hydroxyl groups excluding tert-OH is 1. The smallest absolute Gasteiger partial charge is 0.335 e. The topological polar surface area (TPSA) is 112 Å². The maximum absolute atomic E-state index is 12.5. The first kappa shape index (κ1) is 21.9. The van der Waals surface area contributed by atoms with Crippen molar-refractivity contribution in [2.24, 2.45) is 0 Å². The van der Waals surface area contributed by atoms with E-state index in [-0.39, 0.29) is 18.0 Å². The second-order valence-electron chi connectivity index (χ2n) is 7.70. The van der Waals surface area contributed by atoms with Crippen molar-refractivity contribution in [3.8, 4) is 17.0 Å². The predicted molar refractivity (Wildman–Crippen MR) is 121 cm³/mol. The van der Waals surface area contributed by atoms with E-state index in [0.29, 0.717) is 24.0 Å². The summed E-state index contributed by atoms with van der Waals surface area (Å²) < 4.78 is 5.79. The molecule has 0 radical (unpaired) electrons. The number of hydrogen-bond acceptors (Lipinski definition) is 7. The van der Waals surface area contributed by atoms with Crippen LogP contribution in [-0.2, 0) is 4.79 Å². The molecule has 2 atom stereocenters. The van der Waals surface area contributed by atoms with Crippen LogP contribution in [0.3, 0.4) is 0 Å². The quantitative estimate of drug-likeness (QED) is 0.504. The summed E-state index contributed by atoms with van der Waals surface area (Å²) in [4.78, 5) is 29.7. The molecule has 0 aliphatic carbocycles. The average molecular weight is 454 g/mol. The second kappa shape index (κ2) is 9.47. The van der Waals surface area contributed by atoms with Crippen molar-refractivity contribution in [1.29, 1.82) is 0 Å². The Bertz CT molecular complexity index is 1100. The highest BCUT2D eigenvalue weighted by molar-refractivity contribution is 7.14. The van der Waals surface area contributed by atoms with Crippen molar-refractivity contribution in [1.82, 2.24) is 9.88 Å². The molecule has 9 heteroatoms. The summed E-state index contributed by atoms with van der Waals surface area (Å²) in [5.41, 5.74) is 3.14. The number of thiazole rings is 1. The van der Waals surface area contributed by atoms with Crippen LogP contribution in [0.1, 0.15) is 15.9 Å². The maximum atomic E-state index is 12.5. The number of ether oxygens (including phenoxy) is 1. The Balaban J connectivity index is 1.29. The third kappa shape index (κ3) is 5.31. The van der Waals surface area contributed by atoms with E-state index in [9.17, 15) is 14.7 Å². The van der Waals surface area contributed by atoms with Gasteiger partial charge >= 0.3 is 5.97 Å². The van der Waals surface area contributed by atoms with Crippen LogP contribution in [0.4, 0.5) is 5.13 Å². The molecule has 3 aromatic rings. The zero-order chi connectivity index (χ0) is 22.7. The molecular formula is C23H23N3O5S. The van der Waals surface area contributed by atoms with E-state index in [1.54, 1.807) is 12.1 Å². The van der Waals surface area contributed by atoms with Crippen LogP contribution in [0.15, 0.2) is 53.9 Å². The van der Waals surface area contributed by atoms with Crippen molar-refractivity contribution in [2.75, 3.05) is 25.0 Å². The number of likely N-dealkylation sites (tertiary alicyclic amines) is 1. The zero-order valence-corrected chi connectivity index (χ0v) is 18.2. The lowest BCUT2D eigenvalue weighted by Gasteiger charge is -2.17. The number of benzene rings is 2. The van der Waals surface area contributed by atoms with Gasteiger partial charge in [0.15, 0.2) is 5.13 Å². The lowest BCUT2D eigenvalue weighted by Crippen LogP contribution is -2.33. The fraction of sp³-hybridized carbons (Fsp3) is 0.261. The average Bonchev–Trinajstić information content (AvgIpc) is 3.35. The van der Waals surface area contributed by atoms with Gasteiger partial charge in [0.05, 0.1) is 17.8 Å². The molecule has 1 fully saturated rings. The van der Waals surface area contributed by atoms with E-state index in [0.717, 1.165) is 11.3 Å². The molecule has 1 aliphatic rings. The lowest BCUT2D eigenvalue weighted by atomic mass is 10.1. The number of aromatic carboxylic acids is 1. The number of anilines is 1. The largest absolute Gasteiger partial charge is 0.486 e. The third-order valence-corrected chi connectivity index (χ3v) is 5.92. The standard InChI is InChI=1S/C23H23N3O5S/c1-14-2-4-15(5-3-14)18-13-32-23(24-18)25-21(28)12-26-10-19(27)20(11-26)31-17-8-6-16(7-9-17)22(29)30/h2-9,13,19-20,27H,10-12H2,1H3,(H,29,30)(H,24,25,28)/t19-,20-/m1/s1. The number of carbonyl (C=O) groups excluding carboxylic acids is 1. The summed E-state index contributed by atoms with van der Waals surface area (Å²) in [6.07, 6.45) is -1.26. The number of aliphatic hydroxyl groups is 1. The van der Waals surface area contributed by atoms with Gasteiger partial charge in [0.25, 0.3) is 0 Å². The SMILES string of the molecule is Cc1ccc(-c2csc(NC(=O)CN3C[C@@H](O)[C@H](Oc4ccc(C(=O)O)cc4)C3)n2)cc1. The van der Waals surface area contributed by atoms with Gasteiger partial charge in [-0.3, -0.25) is 9.69 Å². The van der Waals surface area contributed by atoms with Crippen molar-refractivity contribution in [2.45, 2.75) is 19.1 Å². The highest BCUT2D eigenvalue weighted by atomic mass is 32.1. The minimum absolute atomic E-state index is 0.105. The molecule has 1 saturated heterocycles. The first-order valence-corrected chi connectivity index (χ1v) is 11.0. The highest BCUT2D eigenvalue weighted by Crippen LogP contribution is 2.25. The molecule has 0 unspecified atom stereocenters. The van der Waals surface area contributed by atoms with Crippen LogP contribution in [0.2, 0.25) is 0 Å². The zero-order valence-electron chi connectivity index (χ0n) is 17.4. The van der Waals surface area contributed by atoms with Gasteiger partial charge in [-0.2, -0.15) is 0 Å². The molecule has 2 aromatic carbocycles. The molecule has 166 valence electrons. The number of nitrogens with one attached hydrogen (secondary N) is 1. The maximum Gasteiger partial charge on any atom is 0.335 e. The summed E-state index contributed by atoms with van der Waals surface area (Å²) >= 11 is 1.36. The molecule has 0 saturated carbocycles. The minimum atomic E-state index is -1.01. The lowest BCUT2D eigenvalue weighted by molar-refractivity contribution is -0.117. The minimum Gasteiger partial charge on any atom is -0.486 e. The molecule has 3 N–H and O–H groups in total. The molecular weight excluding hydrogens is 430 g/mol. The van der Waals surface area contributed by atoms with E-state index in [2.05, 4.69) is 10.3 Å². The van der Waals surface area contributed by atoms with Gasteiger partial charge in [-0.25, -0.2) is 9.78 Å². The molecule has 1 amide bonds. The fourth-order valence-corrected chi connectivity index (χ4v) is 4.21. The van der Waals surface area contributed by atoms with Crippen LogP contribution in [0.25, 0.3) is 11.3 Å². The molecule has 2 heterocycles. The number of carboxylic acid groups (broad SMARTS) is 1. The number of carbonyl (C=O) groups is 2. The number of nitrogens with zero attached hydrogens (tertiary/aromatic N) is 2. The highest BCUT2D eigenvalue weighted by Gasteiger charge is 2.34. The van der Waals surface area contributed by atoms with Crippen LogP contribution >= 0.6 is 11.3 Å². The van der Waals surface area contributed by atoms with Gasteiger partial charge in [-0.1, -0.05) is 29.8 Å². The van der Waals surface area contributed by atoms with Crippen molar-refractivity contribution >= 4 is 28.3 Å². The number of β-amino-alcohol motifs (C(OH)–C–C–N with tert-alkyl or cyclic N) is 1. The summed E-state index contributed by atoms with van der Waals surface area (Å²) in [5, 5.41) is 24.5. The molecule has 8 nitrogen and oxygen atoms in total. The molecule has 1 aromatic heterocycles. The van der Waals surface area contributed by atoms with Crippen molar-refractivity contribution in [3.63, 3.8) is 0 Å². The Morgan fingerprint density at radius 2 is 1.88 bits per heavy atom. The van der Waals surface area contributed by atoms with Gasteiger partial charge in [-0.05, 0) is 31.2 Å². The first-order valence-electron chi connectivity index (χ1n) is 10.1. The van der Waals surface area contributed by atoms with Gasteiger partial charge in [-0.15, -0.1) is 11.3 Å². The number of carboxylic acids is 1. The summed E-state index contributed by atoms with van der Waals surface area (Å²) in [6.45, 7) is 2.81. The Morgan fingerprint density at radius 3 is 2.56 bits per heavy atom. The summed E-state index contributed by atoms with van der Waals surface area (Å²) in [5.74, 6) is -0.758. The number of aromatic nitrogens is 1. The normalized spacial score (nSPS) is 18.4. The van der Waals surface area contributed by atoms with Gasteiger partial charge in [0.2, 0.25) is 5.91 Å². The number of hydrogen-bond donors (Lipinski definition) is 3. The van der Waals surface area contributed by atoms with Gasteiger partial charge in [0.1, 0.15) is 18.0 Å². The van der Waals surface area contributed by atoms with Gasteiger partial charge in [0, 0.05) is 24.0 Å². The van der Waals surface area contributed by atoms with Crippen molar-refractivity contribution in [3.05, 3.63) is 65.0 Å². The van der Waals surface area contributed by atoms with E-state index < -0.39 is 18.2 Å². The Labute approximate surface area is 189 Å². The van der Waals surface area contributed by atoms with Gasteiger partial charge < -0.3 is 20.3 Å². The molecule has 0 bridgehead atoms. The second-order valence-corrected chi connectivity index (χ2v) is 8.56. The predicted octanol–water partition coefficient (Wildman–Crippen LogP) is 2.88. The number of amides is 1. The monoisotopic (exact) mass is 453 g/mol. The summed E-state index contributed by atoms with van der Waals surface area (Å²) in [6, 6.07) is 14.0. The summed E-state index contributed by atoms with van der Waals surface area (Å²) in [7, 11) is 0. The van der Waals surface area contributed by atoms with Crippen LogP contribution in [0.5, 0.6) is 5.75 Å². The van der Waals surface area contributed by atoms with Crippen LogP contribution in [0, 0.1) is 6.92 Å². The number of rotatable bonds is 7. The first-order chi connectivity index (χ1) is 15.4. The Kier molecular flexibility index (Phi) is 6.50. The fourth-order valence-electron chi connectivity index (χ4n) is 3.48. The van der Waals surface area contributed by atoms with E-state index in [4.69, 9.17) is 9.84 Å². The molecule has 1 aliphatic heterocycles. The molecule has 32 heavy (non-hydrogen) atoms. The Morgan fingerprint density at radius 1 is 1.16 bits per heavy atom. The van der Waals surface area contributed by atoms with E-state index in [1.165, 1.54) is 29.0 Å². The van der Waals surface area contributed by atoms with Crippen LogP contribution in [-0.4, -0.2) is 63.8 Å².